The van der Waals surface area contributed by atoms with Crippen molar-refractivity contribution in [3.8, 4) is 0 Å². The molecule has 3 aromatic rings. The van der Waals surface area contributed by atoms with E-state index in [0.29, 0.717) is 54.3 Å². The number of piperazine rings is 1. The third-order valence-corrected chi connectivity index (χ3v) is 9.55. The summed E-state index contributed by atoms with van der Waals surface area (Å²) < 4.78 is 30.0. The van der Waals surface area contributed by atoms with Gasteiger partial charge in [0.25, 0.3) is 0 Å². The van der Waals surface area contributed by atoms with E-state index in [-0.39, 0.29) is 16.8 Å². The predicted octanol–water partition coefficient (Wildman–Crippen LogP) is 5.11. The van der Waals surface area contributed by atoms with Gasteiger partial charge >= 0.3 is 0 Å². The summed E-state index contributed by atoms with van der Waals surface area (Å²) in [7, 11) is -3.79. The molecule has 2 aliphatic rings. The molecule has 2 aliphatic heterocycles. The highest BCUT2D eigenvalue weighted by molar-refractivity contribution is 9.10. The Morgan fingerprint density at radius 3 is 2.19 bits per heavy atom. The molecule has 9 heteroatoms. The zero-order chi connectivity index (χ0) is 25.4. The molecule has 5 rings (SSSR count). The van der Waals surface area contributed by atoms with Gasteiger partial charge in [0.15, 0.2) is 0 Å². The van der Waals surface area contributed by atoms with Crippen LogP contribution in [0.1, 0.15) is 29.7 Å². The SMILES string of the molecule is CC(=O)N1CCc2cc(Br)cc(S(=O)(=O)N3CCN([C@@H](c4ccccc4)c4ccc(Cl)cc4)CC3)c21. The van der Waals surface area contributed by atoms with Crippen molar-refractivity contribution in [3.05, 3.63) is 92.9 Å². The molecule has 0 N–H and O–H groups in total. The number of benzene rings is 3. The van der Waals surface area contributed by atoms with Crippen molar-refractivity contribution in [1.82, 2.24) is 9.21 Å². The summed E-state index contributed by atoms with van der Waals surface area (Å²) in [5.74, 6) is -0.147. The van der Waals surface area contributed by atoms with Crippen LogP contribution in [0.2, 0.25) is 5.02 Å². The largest absolute Gasteiger partial charge is 0.311 e. The Bertz CT molecular complexity index is 1380. The number of rotatable bonds is 5. The van der Waals surface area contributed by atoms with Crippen molar-refractivity contribution in [3.63, 3.8) is 0 Å². The van der Waals surface area contributed by atoms with Crippen molar-refractivity contribution in [2.75, 3.05) is 37.6 Å². The minimum Gasteiger partial charge on any atom is -0.311 e. The molecule has 188 valence electrons. The van der Waals surface area contributed by atoms with Crippen LogP contribution in [0, 0.1) is 0 Å². The topological polar surface area (TPSA) is 60.9 Å². The second-order valence-corrected chi connectivity index (χ2v) is 12.4. The molecular formula is C27H27BrClN3O3S. The Balaban J connectivity index is 1.42. The van der Waals surface area contributed by atoms with Crippen LogP contribution in [0.3, 0.4) is 0 Å². The summed E-state index contributed by atoms with van der Waals surface area (Å²) >= 11 is 9.61. The van der Waals surface area contributed by atoms with Gasteiger partial charge in [-0.05, 0) is 47.4 Å². The molecule has 0 aromatic heterocycles. The Kier molecular flexibility index (Phi) is 7.25. The Morgan fingerprint density at radius 1 is 0.917 bits per heavy atom. The van der Waals surface area contributed by atoms with Crippen LogP contribution in [0.4, 0.5) is 5.69 Å². The molecule has 1 amide bonds. The van der Waals surface area contributed by atoms with Crippen LogP contribution in [-0.2, 0) is 21.2 Å². The fourth-order valence-corrected chi connectivity index (χ4v) is 7.68. The Hall–Kier alpha value is -2.23. The summed E-state index contributed by atoms with van der Waals surface area (Å²) in [6.07, 6.45) is 0.643. The van der Waals surface area contributed by atoms with Crippen LogP contribution >= 0.6 is 27.5 Å². The molecular weight excluding hydrogens is 562 g/mol. The molecule has 0 saturated carbocycles. The van der Waals surface area contributed by atoms with Gasteiger partial charge in [-0.2, -0.15) is 4.31 Å². The van der Waals surface area contributed by atoms with Gasteiger partial charge in [-0.3, -0.25) is 9.69 Å². The Labute approximate surface area is 225 Å². The van der Waals surface area contributed by atoms with Crippen LogP contribution in [0.15, 0.2) is 76.1 Å². The van der Waals surface area contributed by atoms with Gasteiger partial charge in [0, 0.05) is 49.1 Å². The number of fused-ring (bicyclic) bond motifs is 1. The molecule has 0 aliphatic carbocycles. The fraction of sp³-hybridized carbons (Fsp3) is 0.296. The number of carbonyl (C=O) groups is 1. The van der Waals surface area contributed by atoms with E-state index in [9.17, 15) is 13.2 Å². The summed E-state index contributed by atoms with van der Waals surface area (Å²) in [5.41, 5.74) is 3.67. The maximum atomic E-state index is 13.9. The van der Waals surface area contributed by atoms with E-state index in [1.165, 1.54) is 6.92 Å². The lowest BCUT2D eigenvalue weighted by Crippen LogP contribution is -2.50. The first-order valence-electron chi connectivity index (χ1n) is 11.9. The molecule has 36 heavy (non-hydrogen) atoms. The van der Waals surface area contributed by atoms with Gasteiger partial charge in [-0.15, -0.1) is 0 Å². The fourth-order valence-electron chi connectivity index (χ4n) is 5.22. The standard InChI is InChI=1S/C27H27BrClN3O3S/c1-19(33)32-12-11-22-17-23(28)18-25(27(22)32)36(34,35)31-15-13-30(14-16-31)26(20-5-3-2-4-6-20)21-7-9-24(29)10-8-21/h2-10,17-18,26H,11-16H2,1H3/t26-/m0/s1. The minimum absolute atomic E-state index is 0.00311. The summed E-state index contributed by atoms with van der Waals surface area (Å²) in [6, 6.07) is 21.6. The number of carbonyl (C=O) groups excluding carboxylic acids is 1. The predicted molar refractivity (Wildman–Crippen MR) is 146 cm³/mol. The van der Waals surface area contributed by atoms with Crippen molar-refractivity contribution in [1.29, 1.82) is 0 Å². The number of amides is 1. The van der Waals surface area contributed by atoms with Crippen molar-refractivity contribution in [2.45, 2.75) is 24.3 Å². The van der Waals surface area contributed by atoms with Crippen molar-refractivity contribution >= 4 is 49.1 Å². The third-order valence-electron chi connectivity index (χ3n) is 6.93. The van der Waals surface area contributed by atoms with Gasteiger partial charge < -0.3 is 4.90 Å². The lowest BCUT2D eigenvalue weighted by atomic mass is 9.96. The third kappa shape index (κ3) is 4.85. The maximum Gasteiger partial charge on any atom is 0.245 e. The lowest BCUT2D eigenvalue weighted by molar-refractivity contribution is -0.116. The van der Waals surface area contributed by atoms with E-state index in [2.05, 4.69) is 33.0 Å². The van der Waals surface area contributed by atoms with Gasteiger partial charge in [-0.25, -0.2) is 8.42 Å². The molecule has 3 aromatic carbocycles. The van der Waals surface area contributed by atoms with Gasteiger partial charge in [-0.1, -0.05) is 70.0 Å². The van der Waals surface area contributed by atoms with Crippen LogP contribution < -0.4 is 4.90 Å². The number of anilines is 1. The first kappa shape index (κ1) is 25.4. The smallest absolute Gasteiger partial charge is 0.245 e. The highest BCUT2D eigenvalue weighted by Gasteiger charge is 2.37. The number of nitrogens with zero attached hydrogens (tertiary/aromatic N) is 3. The molecule has 1 fully saturated rings. The van der Waals surface area contributed by atoms with Crippen LogP contribution in [-0.4, -0.2) is 56.3 Å². The van der Waals surface area contributed by atoms with Crippen LogP contribution in [0.25, 0.3) is 0 Å². The highest BCUT2D eigenvalue weighted by Crippen LogP contribution is 2.39. The molecule has 0 bridgehead atoms. The number of halogens is 2. The van der Waals surface area contributed by atoms with E-state index >= 15 is 0 Å². The van der Waals surface area contributed by atoms with Crippen molar-refractivity contribution < 1.29 is 13.2 Å². The minimum atomic E-state index is -3.79. The first-order chi connectivity index (χ1) is 17.3. The summed E-state index contributed by atoms with van der Waals surface area (Å²) in [6.45, 7) is 3.85. The zero-order valence-corrected chi connectivity index (χ0v) is 23.1. The van der Waals surface area contributed by atoms with Gasteiger partial charge in [0.05, 0.1) is 11.7 Å². The van der Waals surface area contributed by atoms with E-state index < -0.39 is 10.0 Å². The van der Waals surface area contributed by atoms with E-state index in [1.54, 1.807) is 15.3 Å². The summed E-state index contributed by atoms with van der Waals surface area (Å²) in [5, 5.41) is 0.683. The molecule has 0 spiro atoms. The average molecular weight is 589 g/mol. The molecule has 0 radical (unpaired) electrons. The normalized spacial score (nSPS) is 17.7. The molecule has 0 unspecified atom stereocenters. The van der Waals surface area contributed by atoms with E-state index in [4.69, 9.17) is 11.6 Å². The Morgan fingerprint density at radius 2 is 1.56 bits per heavy atom. The van der Waals surface area contributed by atoms with E-state index in [1.807, 2.05) is 48.5 Å². The highest BCUT2D eigenvalue weighted by atomic mass is 79.9. The number of hydrogen-bond acceptors (Lipinski definition) is 4. The lowest BCUT2D eigenvalue weighted by Gasteiger charge is -2.39. The van der Waals surface area contributed by atoms with Gasteiger partial charge in [0.1, 0.15) is 4.90 Å². The number of sulfonamides is 1. The van der Waals surface area contributed by atoms with Gasteiger partial charge in [0.2, 0.25) is 15.9 Å². The second kappa shape index (κ2) is 10.3. The average Bonchev–Trinajstić information content (AvgIpc) is 3.30. The quantitative estimate of drug-likeness (QED) is 0.416. The number of hydrogen-bond donors (Lipinski definition) is 0. The molecule has 6 nitrogen and oxygen atoms in total. The summed E-state index contributed by atoms with van der Waals surface area (Å²) in [4.78, 5) is 16.3. The van der Waals surface area contributed by atoms with Crippen molar-refractivity contribution in [2.24, 2.45) is 0 Å². The molecule has 1 atom stereocenters. The monoisotopic (exact) mass is 587 g/mol. The zero-order valence-electron chi connectivity index (χ0n) is 19.9. The second-order valence-electron chi connectivity index (χ2n) is 9.14. The molecule has 2 heterocycles. The van der Waals surface area contributed by atoms with E-state index in [0.717, 1.165) is 16.7 Å². The maximum absolute atomic E-state index is 13.9. The molecule has 1 saturated heterocycles. The van der Waals surface area contributed by atoms with Crippen LogP contribution in [0.5, 0.6) is 0 Å². The first-order valence-corrected chi connectivity index (χ1v) is 14.5.